The summed E-state index contributed by atoms with van der Waals surface area (Å²) in [6, 6.07) is 13.1. The zero-order chi connectivity index (χ0) is 34.8. The fraction of sp³-hybridized carbons (Fsp3) is 0.447. The molecular formula is C38H46Cl2N4O5. The smallest absolute Gasteiger partial charge is 0.336 e. The summed E-state index contributed by atoms with van der Waals surface area (Å²) in [6.45, 7) is 6.72. The number of nitrogens with one attached hydrogen (secondary N) is 3. The van der Waals surface area contributed by atoms with Crippen molar-refractivity contribution in [2.45, 2.75) is 64.7 Å². The predicted octanol–water partition coefficient (Wildman–Crippen LogP) is 7.26. The number of aromatic nitrogens is 1. The molecule has 0 amide bonds. The number of esters is 2. The van der Waals surface area contributed by atoms with Gasteiger partial charge in [0.25, 0.3) is 0 Å². The molecule has 2 aromatic carbocycles. The van der Waals surface area contributed by atoms with Gasteiger partial charge in [0, 0.05) is 45.6 Å². The van der Waals surface area contributed by atoms with Crippen LogP contribution in [0, 0.1) is 0 Å². The van der Waals surface area contributed by atoms with Crippen molar-refractivity contribution >= 4 is 51.7 Å². The van der Waals surface area contributed by atoms with Crippen LogP contribution in [-0.2, 0) is 36.6 Å². The first-order chi connectivity index (χ1) is 23.8. The van der Waals surface area contributed by atoms with Crippen LogP contribution in [0.2, 0.25) is 10.0 Å². The molecule has 0 fully saturated rings. The van der Waals surface area contributed by atoms with E-state index in [4.69, 9.17) is 42.4 Å². The second-order valence-electron chi connectivity index (χ2n) is 12.3. The number of nitrogens with zero attached hydrogens (tertiary/aromatic N) is 1. The molecule has 3 N–H and O–H groups in total. The van der Waals surface area contributed by atoms with Crippen LogP contribution >= 0.6 is 23.2 Å². The van der Waals surface area contributed by atoms with Crippen molar-refractivity contribution in [3.05, 3.63) is 91.9 Å². The summed E-state index contributed by atoms with van der Waals surface area (Å²) in [5.41, 5.74) is 7.07. The lowest BCUT2D eigenvalue weighted by Crippen LogP contribution is -2.35. The second-order valence-corrected chi connectivity index (χ2v) is 13.1. The SMILES string of the molecule is CCOC(=O)C1=C(COCCNCCCCCNc2c3c(nc4cc(Cl)ccc24)CCCC3)NC(C)=C(C(=O)OC)C1c1ccccc1Cl. The highest BCUT2D eigenvalue weighted by molar-refractivity contribution is 6.32. The zero-order valence-electron chi connectivity index (χ0n) is 28.6. The Labute approximate surface area is 298 Å². The molecule has 1 aromatic heterocycles. The van der Waals surface area contributed by atoms with Gasteiger partial charge in [0.2, 0.25) is 0 Å². The van der Waals surface area contributed by atoms with E-state index in [0.717, 1.165) is 56.1 Å². The molecule has 2 heterocycles. The van der Waals surface area contributed by atoms with E-state index in [9.17, 15) is 9.59 Å². The summed E-state index contributed by atoms with van der Waals surface area (Å²) in [4.78, 5) is 31.2. The Balaban J connectivity index is 1.10. The average Bonchev–Trinajstić information content (AvgIpc) is 3.09. The second kappa shape index (κ2) is 17.9. The van der Waals surface area contributed by atoms with Crippen LogP contribution in [0.5, 0.6) is 0 Å². The first kappa shape index (κ1) is 36.6. The molecule has 0 radical (unpaired) electrons. The monoisotopic (exact) mass is 708 g/mol. The fourth-order valence-corrected chi connectivity index (χ4v) is 7.08. The molecular weight excluding hydrogens is 663 g/mol. The van der Waals surface area contributed by atoms with Gasteiger partial charge in [-0.05, 0) is 94.3 Å². The van der Waals surface area contributed by atoms with E-state index in [1.165, 1.54) is 36.9 Å². The van der Waals surface area contributed by atoms with E-state index < -0.39 is 17.9 Å². The summed E-state index contributed by atoms with van der Waals surface area (Å²) < 4.78 is 16.5. The molecule has 1 aliphatic heterocycles. The highest BCUT2D eigenvalue weighted by Crippen LogP contribution is 2.42. The van der Waals surface area contributed by atoms with Crippen molar-refractivity contribution in [2.75, 3.05) is 51.9 Å². The molecule has 5 rings (SSSR count). The Bertz CT molecular complexity index is 1720. The molecule has 2 aliphatic rings. The number of dihydropyridines is 1. The molecule has 0 saturated heterocycles. The van der Waals surface area contributed by atoms with E-state index in [1.807, 2.05) is 18.2 Å². The number of aryl methyl sites for hydroxylation is 1. The fourth-order valence-electron chi connectivity index (χ4n) is 6.67. The molecule has 1 unspecified atom stereocenters. The van der Waals surface area contributed by atoms with Crippen molar-refractivity contribution in [2.24, 2.45) is 0 Å². The molecule has 0 saturated carbocycles. The number of carbonyl (C=O) groups is 2. The summed E-state index contributed by atoms with van der Waals surface area (Å²) in [5, 5.41) is 12.7. The molecule has 1 atom stereocenters. The normalized spacial score (nSPS) is 16.0. The number of hydrogen-bond donors (Lipinski definition) is 3. The molecule has 9 nitrogen and oxygen atoms in total. The minimum Gasteiger partial charge on any atom is -0.466 e. The Morgan fingerprint density at radius 1 is 0.980 bits per heavy atom. The number of unbranched alkanes of at least 4 members (excludes halogenated alkanes) is 2. The lowest BCUT2D eigenvalue weighted by atomic mass is 9.80. The lowest BCUT2D eigenvalue weighted by Gasteiger charge is -2.31. The molecule has 1 aliphatic carbocycles. The maximum Gasteiger partial charge on any atom is 0.336 e. The molecule has 262 valence electrons. The lowest BCUT2D eigenvalue weighted by molar-refractivity contribution is -0.139. The predicted molar refractivity (Wildman–Crippen MR) is 195 cm³/mol. The van der Waals surface area contributed by atoms with E-state index in [0.29, 0.717) is 45.7 Å². The van der Waals surface area contributed by atoms with Crippen LogP contribution in [0.1, 0.15) is 68.7 Å². The Morgan fingerprint density at radius 3 is 2.57 bits per heavy atom. The van der Waals surface area contributed by atoms with Crippen LogP contribution in [0.15, 0.2) is 65.0 Å². The first-order valence-electron chi connectivity index (χ1n) is 17.2. The highest BCUT2D eigenvalue weighted by atomic mass is 35.5. The largest absolute Gasteiger partial charge is 0.466 e. The maximum atomic E-state index is 13.3. The topological polar surface area (TPSA) is 111 Å². The van der Waals surface area contributed by atoms with Crippen LogP contribution in [0.25, 0.3) is 10.9 Å². The van der Waals surface area contributed by atoms with Gasteiger partial charge < -0.3 is 30.2 Å². The number of pyridine rings is 1. The minimum atomic E-state index is -0.770. The summed E-state index contributed by atoms with van der Waals surface area (Å²) in [6.07, 6.45) is 7.69. The number of allylic oxidation sites excluding steroid dienone is 1. The third-order valence-electron chi connectivity index (χ3n) is 8.99. The minimum absolute atomic E-state index is 0.133. The summed E-state index contributed by atoms with van der Waals surface area (Å²) >= 11 is 12.9. The number of fused-ring (bicyclic) bond motifs is 2. The van der Waals surface area contributed by atoms with Gasteiger partial charge in [0.15, 0.2) is 0 Å². The van der Waals surface area contributed by atoms with Crippen molar-refractivity contribution in [3.63, 3.8) is 0 Å². The first-order valence-corrected chi connectivity index (χ1v) is 17.9. The number of anilines is 1. The van der Waals surface area contributed by atoms with Crippen LogP contribution in [0.3, 0.4) is 0 Å². The Hall–Kier alpha value is -3.63. The molecule has 3 aromatic rings. The number of ether oxygens (including phenoxy) is 3. The van der Waals surface area contributed by atoms with Gasteiger partial charge in [0.05, 0.1) is 55.2 Å². The van der Waals surface area contributed by atoms with Gasteiger partial charge in [-0.2, -0.15) is 0 Å². The van der Waals surface area contributed by atoms with Crippen molar-refractivity contribution in [3.8, 4) is 0 Å². The highest BCUT2D eigenvalue weighted by Gasteiger charge is 2.39. The number of hydrogen-bond acceptors (Lipinski definition) is 9. The van der Waals surface area contributed by atoms with Gasteiger partial charge in [0.1, 0.15) is 0 Å². The van der Waals surface area contributed by atoms with Gasteiger partial charge in [-0.15, -0.1) is 0 Å². The standard InChI is InChI=1S/C38H46Cl2N4O5/c1-4-49-38(46)35-32(43-24(2)33(37(45)47-3)34(35)26-12-6-8-14-29(26)40)23-48-21-20-41-18-10-5-11-19-42-36-27-13-7-9-15-30(27)44-31-22-25(39)16-17-28(31)36/h6,8,12,14,16-17,22,34,41,43H,4-5,7,9-11,13,15,18-21,23H2,1-3H3,(H,42,44). The van der Waals surface area contributed by atoms with Crippen molar-refractivity contribution < 1.29 is 23.8 Å². The molecule has 49 heavy (non-hydrogen) atoms. The third-order valence-corrected chi connectivity index (χ3v) is 9.57. The van der Waals surface area contributed by atoms with Crippen molar-refractivity contribution in [1.82, 2.24) is 15.6 Å². The van der Waals surface area contributed by atoms with Gasteiger partial charge in [-0.3, -0.25) is 4.98 Å². The number of rotatable bonds is 16. The molecule has 0 bridgehead atoms. The van der Waals surface area contributed by atoms with Gasteiger partial charge in [-0.1, -0.05) is 47.8 Å². The average molecular weight is 710 g/mol. The summed E-state index contributed by atoms with van der Waals surface area (Å²) in [5.74, 6) is -1.86. The Morgan fingerprint density at radius 2 is 1.78 bits per heavy atom. The van der Waals surface area contributed by atoms with Crippen LogP contribution < -0.4 is 16.0 Å². The maximum absolute atomic E-state index is 13.3. The van der Waals surface area contributed by atoms with E-state index in [-0.39, 0.29) is 18.8 Å². The van der Waals surface area contributed by atoms with E-state index in [1.54, 1.807) is 32.0 Å². The molecule has 0 spiro atoms. The van der Waals surface area contributed by atoms with E-state index in [2.05, 4.69) is 22.0 Å². The number of halogens is 2. The Kier molecular flexibility index (Phi) is 13.4. The van der Waals surface area contributed by atoms with Gasteiger partial charge >= 0.3 is 11.9 Å². The quantitative estimate of drug-likeness (QED) is 0.105. The summed E-state index contributed by atoms with van der Waals surface area (Å²) in [7, 11) is 1.32. The molecule has 11 heteroatoms. The van der Waals surface area contributed by atoms with Crippen LogP contribution in [-0.4, -0.2) is 63.5 Å². The van der Waals surface area contributed by atoms with Crippen molar-refractivity contribution in [1.29, 1.82) is 0 Å². The zero-order valence-corrected chi connectivity index (χ0v) is 30.1. The number of benzene rings is 2. The van der Waals surface area contributed by atoms with Crippen LogP contribution in [0.4, 0.5) is 5.69 Å². The number of carbonyl (C=O) groups excluding carboxylic acids is 2. The third kappa shape index (κ3) is 8.94. The number of methoxy groups -OCH3 is 1. The van der Waals surface area contributed by atoms with Gasteiger partial charge in [-0.25, -0.2) is 9.59 Å². The van der Waals surface area contributed by atoms with E-state index >= 15 is 0 Å².